The molecule has 1 aliphatic heterocycles. The van der Waals surface area contributed by atoms with Crippen molar-refractivity contribution in [1.82, 2.24) is 9.80 Å². The number of carbonyl (C=O) groups excluding carboxylic acids is 2. The molecule has 1 saturated heterocycles. The molecule has 148 valence electrons. The summed E-state index contributed by atoms with van der Waals surface area (Å²) < 4.78 is 19.5. The molecule has 0 unspecified atom stereocenters. The summed E-state index contributed by atoms with van der Waals surface area (Å²) in [5.74, 6) is -0.849. The lowest BCUT2D eigenvalue weighted by molar-refractivity contribution is -0.133. The van der Waals surface area contributed by atoms with Gasteiger partial charge in [-0.05, 0) is 24.1 Å². The van der Waals surface area contributed by atoms with Crippen molar-refractivity contribution in [1.29, 1.82) is 0 Å². The minimum atomic E-state index is -0.617. The second-order valence-corrected chi connectivity index (χ2v) is 6.89. The summed E-state index contributed by atoms with van der Waals surface area (Å²) in [7, 11) is 1.41. The van der Waals surface area contributed by atoms with Crippen LogP contribution in [0.15, 0.2) is 48.5 Å². The third-order valence-corrected chi connectivity index (χ3v) is 5.15. The quantitative estimate of drug-likeness (QED) is 0.793. The predicted octanol–water partition coefficient (Wildman–Crippen LogP) is 3.49. The minimum absolute atomic E-state index is 0.00602. The van der Waals surface area contributed by atoms with Crippen LogP contribution in [0, 0.1) is 5.82 Å². The van der Waals surface area contributed by atoms with Crippen LogP contribution in [0.25, 0.3) is 0 Å². The van der Waals surface area contributed by atoms with Crippen molar-refractivity contribution in [3.05, 3.63) is 65.5 Å². The Balaban J connectivity index is 1.84. The Morgan fingerprint density at radius 1 is 1.18 bits per heavy atom. The third-order valence-electron chi connectivity index (χ3n) is 5.15. The van der Waals surface area contributed by atoms with Gasteiger partial charge in [-0.2, -0.15) is 0 Å². The highest BCUT2D eigenvalue weighted by atomic mass is 19.1. The highest BCUT2D eigenvalue weighted by Crippen LogP contribution is 2.25. The number of ether oxygens (including phenoxy) is 1. The summed E-state index contributed by atoms with van der Waals surface area (Å²) in [6.07, 6.45) is 0.919. The monoisotopic (exact) mass is 384 g/mol. The molecule has 1 heterocycles. The molecular weight excluding hydrogens is 359 g/mol. The zero-order valence-corrected chi connectivity index (χ0v) is 16.2. The van der Waals surface area contributed by atoms with Crippen LogP contribution in [0.4, 0.5) is 4.39 Å². The van der Waals surface area contributed by atoms with Crippen LogP contribution in [0.5, 0.6) is 5.75 Å². The Morgan fingerprint density at radius 2 is 1.93 bits per heavy atom. The molecule has 0 spiro atoms. The summed E-state index contributed by atoms with van der Waals surface area (Å²) in [4.78, 5) is 29.2. The first-order valence-corrected chi connectivity index (χ1v) is 9.50. The third kappa shape index (κ3) is 4.16. The molecular formula is C22H25FN2O3. The van der Waals surface area contributed by atoms with Crippen molar-refractivity contribution in [2.75, 3.05) is 20.2 Å². The molecule has 6 heteroatoms. The van der Waals surface area contributed by atoms with Gasteiger partial charge in [0.15, 0.2) is 0 Å². The van der Waals surface area contributed by atoms with Gasteiger partial charge in [0.1, 0.15) is 17.1 Å². The summed E-state index contributed by atoms with van der Waals surface area (Å²) >= 11 is 0. The fourth-order valence-corrected chi connectivity index (χ4v) is 3.59. The van der Waals surface area contributed by atoms with Gasteiger partial charge in [-0.15, -0.1) is 0 Å². The average Bonchev–Trinajstić information content (AvgIpc) is 2.87. The average molecular weight is 384 g/mol. The number of nitrogens with zero attached hydrogens (tertiary/aromatic N) is 2. The van der Waals surface area contributed by atoms with Gasteiger partial charge in [0.2, 0.25) is 5.91 Å². The van der Waals surface area contributed by atoms with E-state index in [-0.39, 0.29) is 36.2 Å². The van der Waals surface area contributed by atoms with Crippen LogP contribution in [-0.4, -0.2) is 47.9 Å². The molecule has 1 fully saturated rings. The van der Waals surface area contributed by atoms with E-state index in [1.165, 1.54) is 19.2 Å². The summed E-state index contributed by atoms with van der Waals surface area (Å²) in [5.41, 5.74) is 0.966. The normalized spacial score (nSPS) is 17.4. The van der Waals surface area contributed by atoms with Crippen LogP contribution in [0.3, 0.4) is 0 Å². The van der Waals surface area contributed by atoms with Gasteiger partial charge in [0, 0.05) is 32.1 Å². The first kappa shape index (κ1) is 19.9. The Labute approximate surface area is 164 Å². The van der Waals surface area contributed by atoms with Crippen molar-refractivity contribution in [3.63, 3.8) is 0 Å². The van der Waals surface area contributed by atoms with Crippen molar-refractivity contribution < 1.29 is 18.7 Å². The maximum atomic E-state index is 14.4. The van der Waals surface area contributed by atoms with Crippen LogP contribution < -0.4 is 4.74 Å². The van der Waals surface area contributed by atoms with Gasteiger partial charge >= 0.3 is 0 Å². The van der Waals surface area contributed by atoms with Gasteiger partial charge in [0.25, 0.3) is 5.91 Å². The molecule has 0 N–H and O–H groups in total. The van der Waals surface area contributed by atoms with E-state index < -0.39 is 11.7 Å². The highest BCUT2D eigenvalue weighted by Gasteiger charge is 2.32. The number of halogens is 1. The molecule has 0 saturated carbocycles. The fourth-order valence-electron chi connectivity index (χ4n) is 3.59. The van der Waals surface area contributed by atoms with E-state index in [1.807, 2.05) is 42.2 Å². The number of benzene rings is 2. The lowest BCUT2D eigenvalue weighted by Gasteiger charge is -2.31. The predicted molar refractivity (Wildman–Crippen MR) is 105 cm³/mol. The molecule has 1 aliphatic rings. The van der Waals surface area contributed by atoms with E-state index in [1.54, 1.807) is 11.0 Å². The Kier molecular flexibility index (Phi) is 6.29. The van der Waals surface area contributed by atoms with Crippen LogP contribution in [-0.2, 0) is 11.3 Å². The van der Waals surface area contributed by atoms with Gasteiger partial charge < -0.3 is 14.5 Å². The van der Waals surface area contributed by atoms with E-state index >= 15 is 0 Å². The lowest BCUT2D eigenvalue weighted by atomic mass is 10.1. The molecule has 28 heavy (non-hydrogen) atoms. The molecule has 3 rings (SSSR count). The fraction of sp³-hybridized carbons (Fsp3) is 0.364. The first-order valence-electron chi connectivity index (χ1n) is 9.50. The van der Waals surface area contributed by atoms with Gasteiger partial charge in [-0.1, -0.05) is 43.3 Å². The molecule has 2 aromatic carbocycles. The van der Waals surface area contributed by atoms with Gasteiger partial charge in [0.05, 0.1) is 7.11 Å². The summed E-state index contributed by atoms with van der Waals surface area (Å²) in [6.45, 7) is 3.12. The van der Waals surface area contributed by atoms with E-state index in [0.29, 0.717) is 19.5 Å². The Bertz CT molecular complexity index is 841. The molecule has 0 aromatic heterocycles. The number of methoxy groups -OCH3 is 1. The molecule has 0 radical (unpaired) electrons. The molecule has 5 nitrogen and oxygen atoms in total. The van der Waals surface area contributed by atoms with Crippen LogP contribution in [0.2, 0.25) is 0 Å². The van der Waals surface area contributed by atoms with E-state index in [9.17, 15) is 14.0 Å². The summed E-state index contributed by atoms with van der Waals surface area (Å²) in [6, 6.07) is 14.0. The zero-order chi connectivity index (χ0) is 20.1. The zero-order valence-electron chi connectivity index (χ0n) is 16.2. The van der Waals surface area contributed by atoms with Crippen molar-refractivity contribution in [2.24, 2.45) is 0 Å². The van der Waals surface area contributed by atoms with E-state index in [4.69, 9.17) is 4.74 Å². The number of hydrogen-bond donors (Lipinski definition) is 0. The molecule has 0 aliphatic carbocycles. The Hall–Kier alpha value is -2.89. The minimum Gasteiger partial charge on any atom is -0.496 e. The summed E-state index contributed by atoms with van der Waals surface area (Å²) in [5, 5.41) is 0. The second-order valence-electron chi connectivity index (χ2n) is 6.89. The van der Waals surface area contributed by atoms with E-state index in [2.05, 4.69) is 0 Å². The highest BCUT2D eigenvalue weighted by molar-refractivity contribution is 5.97. The Morgan fingerprint density at radius 3 is 2.61 bits per heavy atom. The number of hydrogen-bond acceptors (Lipinski definition) is 3. The smallest absolute Gasteiger partial charge is 0.260 e. The van der Waals surface area contributed by atoms with Gasteiger partial charge in [-0.3, -0.25) is 9.59 Å². The maximum Gasteiger partial charge on any atom is 0.260 e. The molecule has 1 atom stereocenters. The number of rotatable bonds is 5. The standard InChI is InChI=1S/C22H25FN2O3/c1-3-17-15-24(22(27)21-18(23)10-7-11-19(21)28-2)13-12-20(26)25(17)14-16-8-5-4-6-9-16/h4-11,17H,3,12-15H2,1-2H3/t17-/m1/s1. The SMILES string of the molecule is CC[C@@H]1CN(C(=O)c2c(F)cccc2OC)CCC(=O)N1Cc1ccccc1. The number of carbonyl (C=O) groups is 2. The molecule has 2 aromatic rings. The van der Waals surface area contributed by atoms with E-state index in [0.717, 1.165) is 5.56 Å². The first-order chi connectivity index (χ1) is 13.5. The molecule has 2 amide bonds. The van der Waals surface area contributed by atoms with Crippen molar-refractivity contribution >= 4 is 11.8 Å². The number of amides is 2. The van der Waals surface area contributed by atoms with Crippen LogP contribution in [0.1, 0.15) is 35.7 Å². The second kappa shape index (κ2) is 8.87. The van der Waals surface area contributed by atoms with Crippen LogP contribution >= 0.6 is 0 Å². The molecule has 0 bridgehead atoms. The maximum absolute atomic E-state index is 14.4. The lowest BCUT2D eigenvalue weighted by Crippen LogP contribution is -2.44. The van der Waals surface area contributed by atoms with Crippen molar-refractivity contribution in [2.45, 2.75) is 32.4 Å². The topological polar surface area (TPSA) is 49.9 Å². The van der Waals surface area contributed by atoms with Crippen molar-refractivity contribution in [3.8, 4) is 5.75 Å². The largest absolute Gasteiger partial charge is 0.496 e. The van der Waals surface area contributed by atoms with Gasteiger partial charge in [-0.25, -0.2) is 4.39 Å².